The SMILES string of the molecule is CC(N)C(=O)NCc1cc(-c2ccc(C(F)(F)F)cn2)c(O)cn1. The zero-order valence-corrected chi connectivity index (χ0v) is 12.6. The van der Waals surface area contributed by atoms with Crippen molar-refractivity contribution in [3.8, 4) is 17.0 Å². The first-order chi connectivity index (χ1) is 11.2. The Labute approximate surface area is 135 Å². The predicted octanol–water partition coefficient (Wildman–Crippen LogP) is 1.83. The number of hydrogen-bond acceptors (Lipinski definition) is 5. The highest BCUT2D eigenvalue weighted by Crippen LogP contribution is 2.32. The molecule has 128 valence electrons. The number of nitrogens with one attached hydrogen (secondary N) is 1. The molecule has 0 bridgehead atoms. The summed E-state index contributed by atoms with van der Waals surface area (Å²) < 4.78 is 37.7. The minimum absolute atomic E-state index is 0.0638. The number of nitrogens with zero attached hydrogens (tertiary/aromatic N) is 2. The van der Waals surface area contributed by atoms with Gasteiger partial charge in [0.1, 0.15) is 5.75 Å². The molecule has 24 heavy (non-hydrogen) atoms. The number of alkyl halides is 3. The Morgan fingerprint density at radius 1 is 1.33 bits per heavy atom. The molecule has 0 saturated carbocycles. The average Bonchev–Trinajstić information content (AvgIpc) is 2.53. The van der Waals surface area contributed by atoms with Gasteiger partial charge in [-0.15, -0.1) is 0 Å². The summed E-state index contributed by atoms with van der Waals surface area (Å²) in [6, 6.07) is 2.78. The Bertz CT molecular complexity index is 730. The highest BCUT2D eigenvalue weighted by Gasteiger charge is 2.30. The molecule has 0 aliphatic rings. The number of aromatic nitrogens is 2. The summed E-state index contributed by atoms with van der Waals surface area (Å²) in [7, 11) is 0. The molecule has 0 saturated heterocycles. The van der Waals surface area contributed by atoms with Crippen LogP contribution in [0, 0.1) is 0 Å². The van der Waals surface area contributed by atoms with Crippen molar-refractivity contribution in [2.24, 2.45) is 5.73 Å². The van der Waals surface area contributed by atoms with Crippen molar-refractivity contribution in [2.45, 2.75) is 25.7 Å². The summed E-state index contributed by atoms with van der Waals surface area (Å²) in [6.45, 7) is 1.59. The van der Waals surface area contributed by atoms with Crippen LogP contribution in [0.4, 0.5) is 13.2 Å². The zero-order chi connectivity index (χ0) is 17.9. The maximum absolute atomic E-state index is 12.6. The van der Waals surface area contributed by atoms with Crippen molar-refractivity contribution < 1.29 is 23.1 Å². The molecule has 1 unspecified atom stereocenters. The van der Waals surface area contributed by atoms with Crippen LogP contribution in [0.3, 0.4) is 0 Å². The molecular weight excluding hydrogens is 325 g/mol. The standard InChI is InChI=1S/C15H15F3N4O2/c1-8(19)14(24)22-6-10-4-11(13(23)7-20-10)12-3-2-9(5-21-12)15(16,17)18/h2-5,7-8,23H,6,19H2,1H3,(H,22,24). The lowest BCUT2D eigenvalue weighted by Gasteiger charge is -2.10. The fourth-order valence-corrected chi connectivity index (χ4v) is 1.85. The molecule has 2 rings (SSSR count). The molecule has 2 heterocycles. The Hall–Kier alpha value is -2.68. The van der Waals surface area contributed by atoms with Crippen molar-refractivity contribution >= 4 is 5.91 Å². The first kappa shape index (κ1) is 17.7. The Morgan fingerprint density at radius 3 is 2.58 bits per heavy atom. The lowest BCUT2D eigenvalue weighted by atomic mass is 10.1. The molecule has 6 nitrogen and oxygen atoms in total. The van der Waals surface area contributed by atoms with E-state index in [-0.39, 0.29) is 29.5 Å². The smallest absolute Gasteiger partial charge is 0.417 e. The van der Waals surface area contributed by atoms with Crippen LogP contribution in [0.5, 0.6) is 5.75 Å². The van der Waals surface area contributed by atoms with Gasteiger partial charge >= 0.3 is 6.18 Å². The summed E-state index contributed by atoms with van der Waals surface area (Å²) >= 11 is 0. The molecular formula is C15H15F3N4O2. The van der Waals surface area contributed by atoms with Crippen LogP contribution in [0.2, 0.25) is 0 Å². The number of carbonyl (C=O) groups is 1. The van der Waals surface area contributed by atoms with Crippen LogP contribution in [0.1, 0.15) is 18.2 Å². The molecule has 0 fully saturated rings. The summed E-state index contributed by atoms with van der Waals surface area (Å²) in [5.74, 6) is -0.608. The van der Waals surface area contributed by atoms with Crippen LogP contribution in [0.25, 0.3) is 11.3 Å². The van der Waals surface area contributed by atoms with Crippen LogP contribution in [0.15, 0.2) is 30.6 Å². The molecule has 1 amide bonds. The Morgan fingerprint density at radius 2 is 2.04 bits per heavy atom. The fourth-order valence-electron chi connectivity index (χ4n) is 1.85. The van der Waals surface area contributed by atoms with Crippen LogP contribution in [-0.2, 0) is 17.5 Å². The number of pyridine rings is 2. The molecule has 1 atom stereocenters. The van der Waals surface area contributed by atoms with E-state index in [1.807, 2.05) is 0 Å². The molecule has 4 N–H and O–H groups in total. The lowest BCUT2D eigenvalue weighted by Crippen LogP contribution is -2.37. The average molecular weight is 340 g/mol. The number of nitrogens with two attached hydrogens (primary N) is 1. The third-order valence-corrected chi connectivity index (χ3v) is 3.16. The predicted molar refractivity (Wildman–Crippen MR) is 79.6 cm³/mol. The minimum atomic E-state index is -4.49. The van der Waals surface area contributed by atoms with Crippen molar-refractivity contribution in [1.29, 1.82) is 0 Å². The molecule has 2 aromatic rings. The monoisotopic (exact) mass is 340 g/mol. The van der Waals surface area contributed by atoms with Gasteiger partial charge in [-0.25, -0.2) is 0 Å². The zero-order valence-electron chi connectivity index (χ0n) is 12.6. The second-order valence-electron chi connectivity index (χ2n) is 5.13. The number of aromatic hydroxyl groups is 1. The van der Waals surface area contributed by atoms with Crippen LogP contribution < -0.4 is 11.1 Å². The highest BCUT2D eigenvalue weighted by molar-refractivity contribution is 5.80. The normalized spacial score (nSPS) is 12.7. The topological polar surface area (TPSA) is 101 Å². The van der Waals surface area contributed by atoms with Gasteiger partial charge < -0.3 is 16.2 Å². The molecule has 0 radical (unpaired) electrons. The van der Waals surface area contributed by atoms with E-state index in [1.54, 1.807) is 0 Å². The number of halogens is 3. The maximum Gasteiger partial charge on any atom is 0.417 e. The molecule has 0 aliphatic carbocycles. The van der Waals surface area contributed by atoms with E-state index in [2.05, 4.69) is 15.3 Å². The maximum atomic E-state index is 12.6. The highest BCUT2D eigenvalue weighted by atomic mass is 19.4. The molecule has 9 heteroatoms. The van der Waals surface area contributed by atoms with E-state index in [0.717, 1.165) is 18.3 Å². The van der Waals surface area contributed by atoms with Gasteiger partial charge in [0.25, 0.3) is 0 Å². The first-order valence-electron chi connectivity index (χ1n) is 6.93. The molecule has 0 aliphatic heterocycles. The number of hydrogen-bond donors (Lipinski definition) is 3. The summed E-state index contributed by atoms with van der Waals surface area (Å²) in [5, 5.41) is 12.4. The van der Waals surface area contributed by atoms with Crippen molar-refractivity contribution in [1.82, 2.24) is 15.3 Å². The van der Waals surface area contributed by atoms with E-state index in [1.165, 1.54) is 13.0 Å². The third-order valence-electron chi connectivity index (χ3n) is 3.16. The van der Waals surface area contributed by atoms with Gasteiger partial charge in [-0.1, -0.05) is 0 Å². The quantitative estimate of drug-likeness (QED) is 0.788. The summed E-state index contributed by atoms with van der Waals surface area (Å²) in [5.41, 5.74) is 5.30. The third kappa shape index (κ3) is 4.19. The van der Waals surface area contributed by atoms with Gasteiger partial charge in [-0.05, 0) is 25.1 Å². The Kier molecular flexibility index (Phi) is 5.03. The van der Waals surface area contributed by atoms with Gasteiger partial charge in [-0.3, -0.25) is 14.8 Å². The van der Waals surface area contributed by atoms with Crippen LogP contribution in [-0.4, -0.2) is 27.0 Å². The molecule has 0 spiro atoms. The molecule has 0 aromatic carbocycles. The lowest BCUT2D eigenvalue weighted by molar-refractivity contribution is -0.137. The fraction of sp³-hybridized carbons (Fsp3) is 0.267. The van der Waals surface area contributed by atoms with Crippen molar-refractivity contribution in [2.75, 3.05) is 0 Å². The van der Waals surface area contributed by atoms with Crippen molar-refractivity contribution in [3.05, 3.63) is 41.9 Å². The molecule has 2 aromatic heterocycles. The van der Waals surface area contributed by atoms with Gasteiger partial charge in [-0.2, -0.15) is 13.2 Å². The summed E-state index contributed by atoms with van der Waals surface area (Å²) in [6.07, 6.45) is -2.66. The first-order valence-corrected chi connectivity index (χ1v) is 6.93. The van der Waals surface area contributed by atoms with Gasteiger partial charge in [0.05, 0.1) is 35.7 Å². The van der Waals surface area contributed by atoms with E-state index >= 15 is 0 Å². The van der Waals surface area contributed by atoms with E-state index in [9.17, 15) is 23.1 Å². The minimum Gasteiger partial charge on any atom is -0.506 e. The van der Waals surface area contributed by atoms with E-state index in [0.29, 0.717) is 11.9 Å². The Balaban J connectivity index is 2.24. The van der Waals surface area contributed by atoms with E-state index < -0.39 is 17.8 Å². The van der Waals surface area contributed by atoms with Gasteiger partial charge in [0.2, 0.25) is 5.91 Å². The van der Waals surface area contributed by atoms with Crippen molar-refractivity contribution in [3.63, 3.8) is 0 Å². The summed E-state index contributed by atoms with van der Waals surface area (Å²) in [4.78, 5) is 19.1. The number of carbonyl (C=O) groups excluding carboxylic acids is 1. The van der Waals surface area contributed by atoms with Gasteiger partial charge in [0.15, 0.2) is 0 Å². The largest absolute Gasteiger partial charge is 0.506 e. The number of rotatable bonds is 4. The second kappa shape index (κ2) is 6.83. The number of amides is 1. The van der Waals surface area contributed by atoms with Crippen LogP contribution >= 0.6 is 0 Å². The van der Waals surface area contributed by atoms with E-state index in [4.69, 9.17) is 5.73 Å². The van der Waals surface area contributed by atoms with Gasteiger partial charge in [0, 0.05) is 11.8 Å². The second-order valence-corrected chi connectivity index (χ2v) is 5.13.